The van der Waals surface area contributed by atoms with E-state index in [-0.39, 0.29) is 11.8 Å². The molecule has 0 atom stereocenters. The van der Waals surface area contributed by atoms with E-state index < -0.39 is 0 Å². The van der Waals surface area contributed by atoms with Gasteiger partial charge in [-0.2, -0.15) is 0 Å². The van der Waals surface area contributed by atoms with Gasteiger partial charge in [-0.15, -0.1) is 11.3 Å². The summed E-state index contributed by atoms with van der Waals surface area (Å²) in [5.41, 5.74) is 1.91. The number of amides is 2. The molecular weight excluding hydrogens is 387 g/mol. The molecule has 104 valence electrons. The zero-order valence-corrected chi connectivity index (χ0v) is 14.0. The molecule has 0 spiro atoms. The molecule has 0 saturated carbocycles. The van der Waals surface area contributed by atoms with Gasteiger partial charge in [-0.05, 0) is 52.9 Å². The number of anilines is 1. The molecule has 4 nitrogen and oxygen atoms in total. The van der Waals surface area contributed by atoms with E-state index in [1.54, 1.807) is 38.4 Å². The maximum absolute atomic E-state index is 12.0. The number of hydrogen-bond donors (Lipinski definition) is 1. The van der Waals surface area contributed by atoms with Gasteiger partial charge in [0.25, 0.3) is 11.8 Å². The molecule has 0 bridgehead atoms. The normalized spacial score (nSPS) is 10.2. The van der Waals surface area contributed by atoms with Gasteiger partial charge in [0.1, 0.15) is 0 Å². The van der Waals surface area contributed by atoms with Crippen LogP contribution in [0.25, 0.3) is 0 Å². The molecule has 1 aromatic heterocycles. The summed E-state index contributed by atoms with van der Waals surface area (Å²) in [6.07, 6.45) is 0. The Morgan fingerprint density at radius 3 is 2.30 bits per heavy atom. The molecule has 0 aliphatic rings. The Morgan fingerprint density at radius 1 is 1.15 bits per heavy atom. The average molecular weight is 400 g/mol. The number of nitrogens with zero attached hydrogens (tertiary/aromatic N) is 1. The topological polar surface area (TPSA) is 49.4 Å². The monoisotopic (exact) mass is 400 g/mol. The molecule has 2 rings (SSSR count). The second kappa shape index (κ2) is 6.36. The van der Waals surface area contributed by atoms with Crippen LogP contribution in [-0.2, 0) is 0 Å². The van der Waals surface area contributed by atoms with Gasteiger partial charge in [0.15, 0.2) is 0 Å². The highest BCUT2D eigenvalue weighted by molar-refractivity contribution is 14.1. The number of rotatable bonds is 3. The molecule has 0 saturated heterocycles. The van der Waals surface area contributed by atoms with Gasteiger partial charge in [-0.3, -0.25) is 9.59 Å². The number of thiophene rings is 1. The Bertz CT molecular complexity index is 635. The molecule has 0 unspecified atom stereocenters. The predicted octanol–water partition coefficient (Wildman–Crippen LogP) is 3.31. The van der Waals surface area contributed by atoms with Crippen LogP contribution in [0.3, 0.4) is 0 Å². The maximum atomic E-state index is 12.0. The average Bonchev–Trinajstić information content (AvgIpc) is 2.85. The highest BCUT2D eigenvalue weighted by Gasteiger charge is 2.10. The van der Waals surface area contributed by atoms with Crippen LogP contribution in [0.2, 0.25) is 0 Å². The van der Waals surface area contributed by atoms with Crippen LogP contribution in [0.15, 0.2) is 35.7 Å². The van der Waals surface area contributed by atoms with Crippen molar-refractivity contribution < 1.29 is 9.59 Å². The van der Waals surface area contributed by atoms with Gasteiger partial charge in [0.05, 0.1) is 8.45 Å². The zero-order chi connectivity index (χ0) is 14.7. The number of hydrogen-bond acceptors (Lipinski definition) is 3. The van der Waals surface area contributed by atoms with Gasteiger partial charge >= 0.3 is 0 Å². The number of nitrogens with one attached hydrogen (secondary N) is 1. The van der Waals surface area contributed by atoms with Crippen LogP contribution in [0, 0.1) is 2.88 Å². The Hall–Kier alpha value is -1.41. The minimum Gasteiger partial charge on any atom is -0.345 e. The molecule has 1 N–H and O–H groups in total. The summed E-state index contributed by atoms with van der Waals surface area (Å²) < 4.78 is 1.07. The summed E-state index contributed by atoms with van der Waals surface area (Å²) in [4.78, 5) is 25.2. The van der Waals surface area contributed by atoms with E-state index in [4.69, 9.17) is 0 Å². The summed E-state index contributed by atoms with van der Waals surface area (Å²) in [7, 11) is 3.41. The van der Waals surface area contributed by atoms with Crippen molar-refractivity contribution in [1.82, 2.24) is 4.90 Å². The van der Waals surface area contributed by atoms with Crippen molar-refractivity contribution in [3.05, 3.63) is 49.7 Å². The quantitative estimate of drug-likeness (QED) is 0.804. The molecule has 0 aliphatic heterocycles. The van der Waals surface area contributed by atoms with Gasteiger partial charge in [0, 0.05) is 30.7 Å². The maximum Gasteiger partial charge on any atom is 0.256 e. The third-order valence-electron chi connectivity index (χ3n) is 2.63. The Kier molecular flexibility index (Phi) is 4.77. The number of carbonyl (C=O) groups excluding carboxylic acids is 2. The van der Waals surface area contributed by atoms with E-state index in [2.05, 4.69) is 27.9 Å². The van der Waals surface area contributed by atoms with Crippen LogP contribution >= 0.6 is 33.9 Å². The van der Waals surface area contributed by atoms with Gasteiger partial charge < -0.3 is 10.2 Å². The van der Waals surface area contributed by atoms with E-state index in [9.17, 15) is 9.59 Å². The number of carbonyl (C=O) groups is 2. The third-order valence-corrected chi connectivity index (χ3v) is 4.41. The Balaban J connectivity index is 2.07. The Morgan fingerprint density at radius 2 is 1.80 bits per heavy atom. The fraction of sp³-hybridized carbons (Fsp3) is 0.143. The second-order valence-corrected chi connectivity index (χ2v) is 7.18. The van der Waals surface area contributed by atoms with Gasteiger partial charge in [0.2, 0.25) is 0 Å². The summed E-state index contributed by atoms with van der Waals surface area (Å²) >= 11 is 3.71. The standard InChI is InChI=1S/C14H13IN2O2S/c1-17(2)14(19)9-3-5-11(6-4-9)16-13(18)10-7-12(15)20-8-10/h3-8H,1-2H3,(H,16,18). The molecule has 2 aromatic rings. The van der Waals surface area contributed by atoms with Crippen molar-refractivity contribution in [3.63, 3.8) is 0 Å². The van der Waals surface area contributed by atoms with E-state index in [0.717, 1.165) is 2.88 Å². The first-order valence-electron chi connectivity index (χ1n) is 5.84. The fourth-order valence-corrected chi connectivity index (χ4v) is 2.91. The van der Waals surface area contributed by atoms with Crippen molar-refractivity contribution in [2.45, 2.75) is 0 Å². The highest BCUT2D eigenvalue weighted by Crippen LogP contribution is 2.18. The molecule has 0 aliphatic carbocycles. The van der Waals surface area contributed by atoms with Crippen molar-refractivity contribution in [2.75, 3.05) is 19.4 Å². The zero-order valence-electron chi connectivity index (χ0n) is 11.0. The second-order valence-electron chi connectivity index (χ2n) is 4.37. The lowest BCUT2D eigenvalue weighted by molar-refractivity contribution is 0.0827. The van der Waals surface area contributed by atoms with Crippen molar-refractivity contribution in [1.29, 1.82) is 0 Å². The van der Waals surface area contributed by atoms with Crippen molar-refractivity contribution >= 4 is 51.4 Å². The summed E-state index contributed by atoms with van der Waals surface area (Å²) in [5.74, 6) is -0.203. The highest BCUT2D eigenvalue weighted by atomic mass is 127. The van der Waals surface area contributed by atoms with Gasteiger partial charge in [-0.1, -0.05) is 0 Å². The molecule has 6 heteroatoms. The van der Waals surface area contributed by atoms with E-state index in [0.29, 0.717) is 16.8 Å². The minimum atomic E-state index is -0.143. The lowest BCUT2D eigenvalue weighted by Crippen LogP contribution is -2.21. The number of benzene rings is 1. The molecule has 20 heavy (non-hydrogen) atoms. The first-order valence-corrected chi connectivity index (χ1v) is 7.80. The van der Waals surface area contributed by atoms with Crippen LogP contribution in [0.1, 0.15) is 20.7 Å². The van der Waals surface area contributed by atoms with E-state index in [1.807, 2.05) is 11.4 Å². The smallest absolute Gasteiger partial charge is 0.256 e. The van der Waals surface area contributed by atoms with Crippen LogP contribution in [0.4, 0.5) is 5.69 Å². The van der Waals surface area contributed by atoms with Crippen LogP contribution in [0.5, 0.6) is 0 Å². The third kappa shape index (κ3) is 3.57. The first-order chi connectivity index (χ1) is 9.47. The lowest BCUT2D eigenvalue weighted by Gasteiger charge is -2.10. The van der Waals surface area contributed by atoms with E-state index in [1.165, 1.54) is 16.2 Å². The molecular formula is C14H13IN2O2S. The molecule has 0 fully saturated rings. The SMILES string of the molecule is CN(C)C(=O)c1ccc(NC(=O)c2csc(I)c2)cc1. The summed E-state index contributed by atoms with van der Waals surface area (Å²) in [6.45, 7) is 0. The predicted molar refractivity (Wildman–Crippen MR) is 89.4 cm³/mol. The molecule has 2 amide bonds. The van der Waals surface area contributed by atoms with Crippen LogP contribution < -0.4 is 5.32 Å². The lowest BCUT2D eigenvalue weighted by atomic mass is 10.2. The van der Waals surface area contributed by atoms with Crippen molar-refractivity contribution in [3.8, 4) is 0 Å². The minimum absolute atomic E-state index is 0.0599. The van der Waals surface area contributed by atoms with Gasteiger partial charge in [-0.25, -0.2) is 0 Å². The molecule has 0 radical (unpaired) electrons. The Labute approximate surface area is 134 Å². The van der Waals surface area contributed by atoms with Crippen LogP contribution in [-0.4, -0.2) is 30.8 Å². The molecule has 1 heterocycles. The summed E-state index contributed by atoms with van der Waals surface area (Å²) in [5, 5.41) is 4.63. The summed E-state index contributed by atoms with van der Waals surface area (Å²) in [6, 6.07) is 8.70. The molecule has 1 aromatic carbocycles. The van der Waals surface area contributed by atoms with Crippen molar-refractivity contribution in [2.24, 2.45) is 0 Å². The number of halogens is 1. The first kappa shape index (κ1) is 15.0. The largest absolute Gasteiger partial charge is 0.345 e. The van der Waals surface area contributed by atoms with E-state index >= 15 is 0 Å². The fourth-order valence-electron chi connectivity index (χ4n) is 1.59.